The molecule has 1 N–H and O–H groups in total. The first-order chi connectivity index (χ1) is 11.5. The van der Waals surface area contributed by atoms with Crippen LogP contribution in [0.1, 0.15) is 12.5 Å². The van der Waals surface area contributed by atoms with Crippen LogP contribution in [0.3, 0.4) is 0 Å². The first kappa shape index (κ1) is 17.3. The Morgan fingerprint density at radius 3 is 2.33 bits per heavy atom. The van der Waals surface area contributed by atoms with Crippen LogP contribution in [0.4, 0.5) is 16.2 Å². The van der Waals surface area contributed by atoms with Gasteiger partial charge in [-0.15, -0.1) is 0 Å². The molecular formula is C17H19N3O4. The SMILES string of the molecule is CCOc1ccc(CN(C)C(=O)Nc2ccc([N+](=O)[O-])cc2)cc1. The van der Waals surface area contributed by atoms with E-state index in [-0.39, 0.29) is 11.7 Å². The van der Waals surface area contributed by atoms with Crippen molar-refractivity contribution < 1.29 is 14.5 Å². The van der Waals surface area contributed by atoms with Crippen molar-refractivity contribution in [3.05, 3.63) is 64.2 Å². The average molecular weight is 329 g/mol. The first-order valence-corrected chi connectivity index (χ1v) is 7.48. The van der Waals surface area contributed by atoms with Crippen LogP contribution < -0.4 is 10.1 Å². The topological polar surface area (TPSA) is 84.7 Å². The third-order valence-electron chi connectivity index (χ3n) is 3.33. The minimum Gasteiger partial charge on any atom is -0.494 e. The molecule has 0 atom stereocenters. The Balaban J connectivity index is 1.92. The Morgan fingerprint density at radius 2 is 1.79 bits per heavy atom. The molecule has 0 aliphatic rings. The van der Waals surface area contributed by atoms with Crippen molar-refractivity contribution in [1.82, 2.24) is 4.90 Å². The first-order valence-electron chi connectivity index (χ1n) is 7.48. The van der Waals surface area contributed by atoms with Crippen molar-refractivity contribution in [2.45, 2.75) is 13.5 Å². The van der Waals surface area contributed by atoms with E-state index in [4.69, 9.17) is 4.74 Å². The number of benzene rings is 2. The van der Waals surface area contributed by atoms with Gasteiger partial charge >= 0.3 is 6.03 Å². The van der Waals surface area contributed by atoms with E-state index in [1.807, 2.05) is 31.2 Å². The van der Waals surface area contributed by atoms with Crippen molar-refractivity contribution >= 4 is 17.4 Å². The maximum absolute atomic E-state index is 12.2. The number of ether oxygens (including phenoxy) is 1. The van der Waals surface area contributed by atoms with Crippen LogP contribution in [0.25, 0.3) is 0 Å². The molecule has 7 nitrogen and oxygen atoms in total. The van der Waals surface area contributed by atoms with Gasteiger partial charge in [-0.25, -0.2) is 4.79 Å². The van der Waals surface area contributed by atoms with Crippen molar-refractivity contribution in [2.24, 2.45) is 0 Å². The highest BCUT2D eigenvalue weighted by Crippen LogP contribution is 2.17. The summed E-state index contributed by atoms with van der Waals surface area (Å²) >= 11 is 0. The second kappa shape index (κ2) is 7.96. The number of carbonyl (C=O) groups excluding carboxylic acids is 1. The van der Waals surface area contributed by atoms with Crippen LogP contribution in [0.2, 0.25) is 0 Å². The number of amides is 2. The van der Waals surface area contributed by atoms with Gasteiger partial charge in [-0.2, -0.15) is 0 Å². The summed E-state index contributed by atoms with van der Waals surface area (Å²) in [6.45, 7) is 2.96. The Kier molecular flexibility index (Phi) is 5.73. The highest BCUT2D eigenvalue weighted by Gasteiger charge is 2.11. The highest BCUT2D eigenvalue weighted by atomic mass is 16.6. The fourth-order valence-corrected chi connectivity index (χ4v) is 2.09. The van der Waals surface area contributed by atoms with Gasteiger partial charge in [0, 0.05) is 31.4 Å². The van der Waals surface area contributed by atoms with Crippen molar-refractivity contribution in [2.75, 3.05) is 19.0 Å². The third-order valence-corrected chi connectivity index (χ3v) is 3.33. The minimum absolute atomic E-state index is 0.0178. The number of nitro groups is 1. The summed E-state index contributed by atoms with van der Waals surface area (Å²) in [5.74, 6) is 0.791. The van der Waals surface area contributed by atoms with Crippen LogP contribution in [-0.2, 0) is 6.54 Å². The number of anilines is 1. The van der Waals surface area contributed by atoms with E-state index in [0.717, 1.165) is 11.3 Å². The number of non-ortho nitro benzene ring substituents is 1. The summed E-state index contributed by atoms with van der Waals surface area (Å²) in [6.07, 6.45) is 0. The molecule has 0 saturated heterocycles. The zero-order valence-electron chi connectivity index (χ0n) is 13.6. The van der Waals surface area contributed by atoms with Gasteiger partial charge in [-0.05, 0) is 36.8 Å². The van der Waals surface area contributed by atoms with Gasteiger partial charge in [0.25, 0.3) is 5.69 Å². The maximum Gasteiger partial charge on any atom is 0.321 e. The number of urea groups is 1. The number of hydrogen-bond donors (Lipinski definition) is 1. The predicted octanol–water partition coefficient (Wildman–Crippen LogP) is 3.66. The Labute approximate surface area is 140 Å². The van der Waals surface area contributed by atoms with Gasteiger partial charge in [0.1, 0.15) is 5.75 Å². The molecule has 7 heteroatoms. The number of rotatable bonds is 6. The van der Waals surface area contributed by atoms with E-state index in [2.05, 4.69) is 5.32 Å². The number of nitrogens with one attached hydrogen (secondary N) is 1. The fraction of sp³-hybridized carbons (Fsp3) is 0.235. The Hall–Kier alpha value is -3.09. The summed E-state index contributed by atoms with van der Waals surface area (Å²) in [5.41, 5.74) is 1.46. The second-order valence-corrected chi connectivity index (χ2v) is 5.17. The number of carbonyl (C=O) groups is 1. The second-order valence-electron chi connectivity index (χ2n) is 5.17. The van der Waals surface area contributed by atoms with E-state index in [9.17, 15) is 14.9 Å². The molecule has 0 spiro atoms. The van der Waals surface area contributed by atoms with Crippen LogP contribution >= 0.6 is 0 Å². The standard InChI is InChI=1S/C17H19N3O4/c1-3-24-16-10-4-13(5-11-16)12-19(2)17(21)18-14-6-8-15(9-7-14)20(22)23/h4-11H,3,12H2,1-2H3,(H,18,21). The van der Waals surface area contributed by atoms with Gasteiger partial charge in [-0.3, -0.25) is 10.1 Å². The van der Waals surface area contributed by atoms with Crippen LogP contribution in [-0.4, -0.2) is 29.5 Å². The summed E-state index contributed by atoms with van der Waals surface area (Å²) < 4.78 is 5.38. The van der Waals surface area contributed by atoms with Crippen LogP contribution in [0, 0.1) is 10.1 Å². The fourth-order valence-electron chi connectivity index (χ4n) is 2.09. The molecule has 126 valence electrons. The van der Waals surface area contributed by atoms with Gasteiger partial charge in [0.2, 0.25) is 0 Å². The molecule has 0 heterocycles. The minimum atomic E-state index is -0.482. The molecule has 0 aliphatic carbocycles. The van der Waals surface area contributed by atoms with Crippen molar-refractivity contribution in [1.29, 1.82) is 0 Å². The molecule has 0 unspecified atom stereocenters. The van der Waals surface area contributed by atoms with Gasteiger partial charge in [0.15, 0.2) is 0 Å². The normalized spacial score (nSPS) is 10.1. The van der Waals surface area contributed by atoms with E-state index < -0.39 is 4.92 Å². The molecule has 0 fully saturated rings. The molecule has 0 bridgehead atoms. The summed E-state index contributed by atoms with van der Waals surface area (Å²) in [4.78, 5) is 23.8. The molecule has 0 aliphatic heterocycles. The lowest BCUT2D eigenvalue weighted by Gasteiger charge is -2.18. The highest BCUT2D eigenvalue weighted by molar-refractivity contribution is 5.89. The summed E-state index contributed by atoms with van der Waals surface area (Å²) in [7, 11) is 1.68. The van der Waals surface area contributed by atoms with E-state index in [0.29, 0.717) is 18.8 Å². The average Bonchev–Trinajstić information content (AvgIpc) is 2.57. The van der Waals surface area contributed by atoms with Crippen molar-refractivity contribution in [3.8, 4) is 5.75 Å². The van der Waals surface area contributed by atoms with E-state index in [1.54, 1.807) is 7.05 Å². The van der Waals surface area contributed by atoms with Gasteiger partial charge < -0.3 is 15.0 Å². The quantitative estimate of drug-likeness (QED) is 0.647. The lowest BCUT2D eigenvalue weighted by atomic mass is 10.2. The largest absolute Gasteiger partial charge is 0.494 e. The van der Waals surface area contributed by atoms with Crippen LogP contribution in [0.5, 0.6) is 5.75 Å². The Morgan fingerprint density at radius 1 is 1.17 bits per heavy atom. The molecule has 2 aromatic rings. The Bertz CT molecular complexity index is 699. The summed E-state index contributed by atoms with van der Waals surface area (Å²) in [5, 5.41) is 13.3. The monoisotopic (exact) mass is 329 g/mol. The van der Waals surface area contributed by atoms with Gasteiger partial charge in [0.05, 0.1) is 11.5 Å². The van der Waals surface area contributed by atoms with E-state index in [1.165, 1.54) is 29.2 Å². The smallest absolute Gasteiger partial charge is 0.321 e. The van der Waals surface area contributed by atoms with Gasteiger partial charge in [-0.1, -0.05) is 12.1 Å². The number of nitro benzene ring substituents is 1. The zero-order valence-corrected chi connectivity index (χ0v) is 13.6. The lowest BCUT2D eigenvalue weighted by Crippen LogP contribution is -2.30. The summed E-state index contributed by atoms with van der Waals surface area (Å²) in [6, 6.07) is 12.9. The molecule has 0 aromatic heterocycles. The molecule has 24 heavy (non-hydrogen) atoms. The predicted molar refractivity (Wildman–Crippen MR) is 91.2 cm³/mol. The number of nitrogens with zero attached hydrogens (tertiary/aromatic N) is 2. The van der Waals surface area contributed by atoms with E-state index >= 15 is 0 Å². The lowest BCUT2D eigenvalue weighted by molar-refractivity contribution is -0.384. The third kappa shape index (κ3) is 4.70. The number of hydrogen-bond acceptors (Lipinski definition) is 4. The molecular weight excluding hydrogens is 310 g/mol. The van der Waals surface area contributed by atoms with Crippen LogP contribution in [0.15, 0.2) is 48.5 Å². The molecule has 0 radical (unpaired) electrons. The molecule has 2 aromatic carbocycles. The molecule has 0 saturated carbocycles. The molecule has 2 rings (SSSR count). The maximum atomic E-state index is 12.2. The molecule has 2 amide bonds. The van der Waals surface area contributed by atoms with Crippen molar-refractivity contribution in [3.63, 3.8) is 0 Å². The zero-order chi connectivity index (χ0) is 17.5.